The SMILES string of the molecule is CC(C)C(=O)N[C@@H](NC(=S)Nc1cccc2ccccc12)C(Cl)(Cl)Cl. The predicted octanol–water partition coefficient (Wildman–Crippen LogP) is 4.59. The summed E-state index contributed by atoms with van der Waals surface area (Å²) in [4.78, 5) is 11.9. The smallest absolute Gasteiger partial charge is 0.228 e. The minimum absolute atomic E-state index is 0.233. The highest BCUT2D eigenvalue weighted by molar-refractivity contribution is 7.80. The first kappa shape index (κ1) is 20.0. The van der Waals surface area contributed by atoms with E-state index in [0.717, 1.165) is 16.5 Å². The molecule has 0 bridgehead atoms. The summed E-state index contributed by atoms with van der Waals surface area (Å²) in [6.07, 6.45) is -0.970. The number of thiocarbonyl (C=S) groups is 1. The lowest BCUT2D eigenvalue weighted by atomic mass is 10.1. The summed E-state index contributed by atoms with van der Waals surface area (Å²) in [5.41, 5.74) is 0.814. The molecule has 0 unspecified atom stereocenters. The zero-order chi connectivity index (χ0) is 18.6. The molecule has 0 radical (unpaired) electrons. The van der Waals surface area contributed by atoms with Gasteiger partial charge in [-0.05, 0) is 23.7 Å². The summed E-state index contributed by atoms with van der Waals surface area (Å²) in [7, 11) is 0. The van der Waals surface area contributed by atoms with Gasteiger partial charge in [0, 0.05) is 17.0 Å². The van der Waals surface area contributed by atoms with E-state index >= 15 is 0 Å². The van der Waals surface area contributed by atoms with E-state index in [-0.39, 0.29) is 16.9 Å². The van der Waals surface area contributed by atoms with Gasteiger partial charge >= 0.3 is 0 Å². The van der Waals surface area contributed by atoms with Crippen LogP contribution in [0, 0.1) is 5.92 Å². The van der Waals surface area contributed by atoms with E-state index < -0.39 is 9.96 Å². The van der Waals surface area contributed by atoms with E-state index in [9.17, 15) is 4.79 Å². The number of carbonyl (C=O) groups excluding carboxylic acids is 1. The molecule has 0 saturated heterocycles. The van der Waals surface area contributed by atoms with Crippen molar-refractivity contribution in [3.8, 4) is 0 Å². The van der Waals surface area contributed by atoms with E-state index in [1.54, 1.807) is 13.8 Å². The third kappa shape index (κ3) is 5.61. The van der Waals surface area contributed by atoms with E-state index in [2.05, 4.69) is 16.0 Å². The second-order valence-electron chi connectivity index (χ2n) is 5.76. The summed E-state index contributed by atoms with van der Waals surface area (Å²) < 4.78 is -1.77. The van der Waals surface area contributed by atoms with Gasteiger partial charge in [0.1, 0.15) is 6.17 Å². The van der Waals surface area contributed by atoms with E-state index in [1.807, 2.05) is 42.5 Å². The average molecular weight is 419 g/mol. The zero-order valence-electron chi connectivity index (χ0n) is 13.6. The molecule has 134 valence electrons. The largest absolute Gasteiger partial charge is 0.339 e. The second-order valence-corrected chi connectivity index (χ2v) is 8.54. The topological polar surface area (TPSA) is 53.2 Å². The maximum Gasteiger partial charge on any atom is 0.228 e. The van der Waals surface area contributed by atoms with Gasteiger partial charge in [-0.15, -0.1) is 0 Å². The normalized spacial score (nSPS) is 12.7. The van der Waals surface area contributed by atoms with Crippen molar-refractivity contribution in [1.29, 1.82) is 0 Å². The predicted molar refractivity (Wildman–Crippen MR) is 110 cm³/mol. The standard InChI is InChI=1S/C17H18Cl3N3OS/c1-10(2)14(24)22-15(17(18,19)20)23-16(25)21-13-9-5-7-11-6-3-4-8-12(11)13/h3-10,15H,1-2H3,(H,22,24)(H2,21,23,25)/t15-/m0/s1. The van der Waals surface area contributed by atoms with Crippen molar-refractivity contribution in [3.63, 3.8) is 0 Å². The number of benzene rings is 2. The molecule has 8 heteroatoms. The van der Waals surface area contributed by atoms with Crippen molar-refractivity contribution in [3.05, 3.63) is 42.5 Å². The van der Waals surface area contributed by atoms with Crippen LogP contribution in [-0.2, 0) is 4.79 Å². The summed E-state index contributed by atoms with van der Waals surface area (Å²) in [5, 5.41) is 10.9. The number of alkyl halides is 3. The van der Waals surface area contributed by atoms with Gasteiger partial charge in [-0.3, -0.25) is 4.79 Å². The Morgan fingerprint density at radius 1 is 1.04 bits per heavy atom. The van der Waals surface area contributed by atoms with Crippen molar-refractivity contribution < 1.29 is 4.79 Å². The van der Waals surface area contributed by atoms with Gasteiger partial charge < -0.3 is 16.0 Å². The molecular weight excluding hydrogens is 401 g/mol. The minimum atomic E-state index is -1.77. The monoisotopic (exact) mass is 417 g/mol. The van der Waals surface area contributed by atoms with Gasteiger partial charge in [0.25, 0.3) is 0 Å². The second kappa shape index (κ2) is 8.41. The van der Waals surface area contributed by atoms with Crippen LogP contribution in [0.25, 0.3) is 10.8 Å². The maximum atomic E-state index is 11.9. The molecule has 1 atom stereocenters. The van der Waals surface area contributed by atoms with Gasteiger partial charge in [0.05, 0.1) is 0 Å². The summed E-state index contributed by atoms with van der Waals surface area (Å²) in [6.45, 7) is 3.49. The lowest BCUT2D eigenvalue weighted by Gasteiger charge is -2.28. The Hall–Kier alpha value is -1.27. The number of hydrogen-bond acceptors (Lipinski definition) is 2. The quantitative estimate of drug-likeness (QED) is 0.386. The van der Waals surface area contributed by atoms with E-state index in [4.69, 9.17) is 47.0 Å². The molecular formula is C17H18Cl3N3OS. The van der Waals surface area contributed by atoms with Crippen LogP contribution >= 0.6 is 47.0 Å². The van der Waals surface area contributed by atoms with Gasteiger partial charge in [0.15, 0.2) is 5.11 Å². The summed E-state index contributed by atoms with van der Waals surface area (Å²) >= 11 is 23.2. The molecule has 3 N–H and O–H groups in total. The highest BCUT2D eigenvalue weighted by Crippen LogP contribution is 2.29. The first-order valence-corrected chi connectivity index (χ1v) is 9.15. The van der Waals surface area contributed by atoms with Crippen LogP contribution in [0.4, 0.5) is 5.69 Å². The number of halogens is 3. The Kier molecular flexibility index (Phi) is 6.74. The fourth-order valence-corrected chi connectivity index (χ4v) is 2.69. The first-order valence-electron chi connectivity index (χ1n) is 7.61. The highest BCUT2D eigenvalue weighted by atomic mass is 35.6. The van der Waals surface area contributed by atoms with Crippen LogP contribution in [0.5, 0.6) is 0 Å². The molecule has 0 spiro atoms. The third-order valence-electron chi connectivity index (χ3n) is 3.45. The molecule has 25 heavy (non-hydrogen) atoms. The summed E-state index contributed by atoms with van der Waals surface area (Å²) in [6, 6.07) is 13.7. The molecule has 0 aliphatic rings. The first-order chi connectivity index (χ1) is 11.7. The van der Waals surface area contributed by atoms with Gasteiger partial charge in [0.2, 0.25) is 9.70 Å². The number of carbonyl (C=O) groups is 1. The zero-order valence-corrected chi connectivity index (χ0v) is 16.7. The van der Waals surface area contributed by atoms with Crippen molar-refractivity contribution in [2.75, 3.05) is 5.32 Å². The molecule has 1 amide bonds. The van der Waals surface area contributed by atoms with Gasteiger partial charge in [-0.2, -0.15) is 0 Å². The molecule has 4 nitrogen and oxygen atoms in total. The maximum absolute atomic E-state index is 11.9. The Morgan fingerprint density at radius 3 is 2.32 bits per heavy atom. The lowest BCUT2D eigenvalue weighted by molar-refractivity contribution is -0.124. The number of nitrogens with one attached hydrogen (secondary N) is 3. The Balaban J connectivity index is 2.14. The van der Waals surface area contributed by atoms with Crippen molar-refractivity contribution in [1.82, 2.24) is 10.6 Å². The van der Waals surface area contributed by atoms with Crippen LogP contribution in [0.15, 0.2) is 42.5 Å². The summed E-state index contributed by atoms with van der Waals surface area (Å²) in [5.74, 6) is -0.506. The van der Waals surface area contributed by atoms with Gasteiger partial charge in [-0.1, -0.05) is 85.0 Å². The lowest BCUT2D eigenvalue weighted by Crippen LogP contribution is -2.56. The van der Waals surface area contributed by atoms with Crippen LogP contribution in [0.1, 0.15) is 13.8 Å². The Morgan fingerprint density at radius 2 is 1.68 bits per heavy atom. The Labute approximate surface area is 167 Å². The van der Waals surface area contributed by atoms with Crippen LogP contribution in [-0.4, -0.2) is 21.0 Å². The molecule has 2 rings (SSSR count). The van der Waals surface area contributed by atoms with E-state index in [0.29, 0.717) is 0 Å². The minimum Gasteiger partial charge on any atom is -0.339 e. The molecule has 0 saturated carbocycles. The molecule has 0 aliphatic carbocycles. The molecule has 0 heterocycles. The molecule has 2 aromatic carbocycles. The van der Waals surface area contributed by atoms with Crippen LogP contribution in [0.2, 0.25) is 0 Å². The Bertz CT molecular complexity index is 772. The molecule has 0 aliphatic heterocycles. The number of anilines is 1. The molecule has 0 aromatic heterocycles. The number of amides is 1. The molecule has 0 fully saturated rings. The van der Waals surface area contributed by atoms with Crippen LogP contribution in [0.3, 0.4) is 0 Å². The highest BCUT2D eigenvalue weighted by Gasteiger charge is 2.35. The van der Waals surface area contributed by atoms with Crippen LogP contribution < -0.4 is 16.0 Å². The number of hydrogen-bond donors (Lipinski definition) is 3. The molecule has 2 aromatic rings. The third-order valence-corrected chi connectivity index (χ3v) is 4.33. The van der Waals surface area contributed by atoms with Crippen molar-refractivity contribution in [2.45, 2.75) is 23.8 Å². The number of fused-ring (bicyclic) bond motifs is 1. The van der Waals surface area contributed by atoms with E-state index in [1.165, 1.54) is 0 Å². The van der Waals surface area contributed by atoms with Gasteiger partial charge in [-0.25, -0.2) is 0 Å². The average Bonchev–Trinajstić information content (AvgIpc) is 2.53. The number of rotatable bonds is 4. The fourth-order valence-electron chi connectivity index (χ4n) is 2.13. The van der Waals surface area contributed by atoms with Crippen molar-refractivity contribution in [2.24, 2.45) is 5.92 Å². The van der Waals surface area contributed by atoms with Crippen molar-refractivity contribution >= 4 is 74.5 Å². The fraction of sp³-hybridized carbons (Fsp3) is 0.294.